The van der Waals surface area contributed by atoms with Crippen LogP contribution in [0.2, 0.25) is 0 Å². The molecule has 1 aromatic carbocycles. The zero-order valence-corrected chi connectivity index (χ0v) is 11.1. The first-order valence-corrected chi connectivity index (χ1v) is 7.20. The van der Waals surface area contributed by atoms with E-state index in [0.717, 1.165) is 6.42 Å². The van der Waals surface area contributed by atoms with Crippen LogP contribution in [0.25, 0.3) is 0 Å². The molecule has 1 aromatic rings. The van der Waals surface area contributed by atoms with Gasteiger partial charge in [-0.25, -0.2) is 4.39 Å². The summed E-state index contributed by atoms with van der Waals surface area (Å²) in [4.78, 5) is 0. The molecule has 0 amide bonds. The number of halogens is 1. The molecule has 2 aliphatic carbocycles. The molecule has 0 radical (unpaired) electrons. The van der Waals surface area contributed by atoms with Gasteiger partial charge in [0.1, 0.15) is 17.4 Å². The fraction of sp³-hybridized carbons (Fsp3) is 0.562. The minimum absolute atomic E-state index is 0.153. The van der Waals surface area contributed by atoms with Crippen LogP contribution in [-0.2, 0) is 0 Å². The van der Waals surface area contributed by atoms with Crippen molar-refractivity contribution in [1.82, 2.24) is 0 Å². The molecular weight excluding hydrogens is 239 g/mol. The second-order valence-electron chi connectivity index (χ2n) is 5.93. The summed E-state index contributed by atoms with van der Waals surface area (Å²) in [6.07, 6.45) is 8.95. The Morgan fingerprint density at radius 1 is 1.21 bits per heavy atom. The summed E-state index contributed by atoms with van der Waals surface area (Å²) < 4.78 is 13.6. The second-order valence-corrected chi connectivity index (χ2v) is 5.93. The van der Waals surface area contributed by atoms with E-state index in [-0.39, 0.29) is 5.56 Å². The number of hydrogen-bond acceptors (Lipinski definition) is 2. The van der Waals surface area contributed by atoms with Crippen LogP contribution < -0.4 is 5.32 Å². The van der Waals surface area contributed by atoms with Crippen molar-refractivity contribution >= 4 is 5.69 Å². The minimum Gasteiger partial charge on any atom is -0.381 e. The van der Waals surface area contributed by atoms with Crippen LogP contribution in [0.5, 0.6) is 0 Å². The molecule has 19 heavy (non-hydrogen) atoms. The van der Waals surface area contributed by atoms with Crippen molar-refractivity contribution in [3.05, 3.63) is 29.6 Å². The number of nitrogens with zero attached hydrogens (tertiary/aromatic N) is 1. The normalized spacial score (nSPS) is 24.5. The predicted octanol–water partition coefficient (Wildman–Crippen LogP) is 4.22. The van der Waals surface area contributed by atoms with Gasteiger partial charge in [0.15, 0.2) is 0 Å². The lowest BCUT2D eigenvalue weighted by atomic mass is 9.57. The largest absolute Gasteiger partial charge is 0.381 e. The summed E-state index contributed by atoms with van der Waals surface area (Å²) in [7, 11) is 0. The van der Waals surface area contributed by atoms with Crippen LogP contribution in [0.3, 0.4) is 0 Å². The SMILES string of the molecule is N#Cc1c(F)cccc1NC1CCC12CCCCC2. The first kappa shape index (κ1) is 12.5. The van der Waals surface area contributed by atoms with Crippen molar-refractivity contribution in [2.45, 2.75) is 51.0 Å². The zero-order valence-electron chi connectivity index (χ0n) is 11.1. The van der Waals surface area contributed by atoms with E-state index in [2.05, 4.69) is 5.32 Å². The number of benzene rings is 1. The van der Waals surface area contributed by atoms with Gasteiger partial charge in [0.25, 0.3) is 0 Å². The zero-order chi connectivity index (χ0) is 13.3. The van der Waals surface area contributed by atoms with E-state index in [0.29, 0.717) is 17.1 Å². The van der Waals surface area contributed by atoms with Crippen molar-refractivity contribution in [3.63, 3.8) is 0 Å². The highest BCUT2D eigenvalue weighted by Crippen LogP contribution is 2.52. The standard InChI is InChI=1S/C16H19FN2/c17-13-5-4-6-14(12(13)11-18)19-15-7-10-16(15)8-2-1-3-9-16/h4-6,15,19H,1-3,7-10H2. The molecule has 1 N–H and O–H groups in total. The number of anilines is 1. The molecular formula is C16H19FN2. The predicted molar refractivity (Wildman–Crippen MR) is 73.3 cm³/mol. The number of nitriles is 1. The number of rotatable bonds is 2. The Kier molecular flexibility index (Phi) is 3.18. The van der Waals surface area contributed by atoms with Crippen LogP contribution in [0, 0.1) is 22.6 Å². The second kappa shape index (κ2) is 4.85. The van der Waals surface area contributed by atoms with Gasteiger partial charge in [-0.2, -0.15) is 5.26 Å². The van der Waals surface area contributed by atoms with Gasteiger partial charge in [-0.3, -0.25) is 0 Å². The number of hydrogen-bond donors (Lipinski definition) is 1. The topological polar surface area (TPSA) is 35.8 Å². The lowest BCUT2D eigenvalue weighted by Crippen LogP contribution is -2.50. The van der Waals surface area contributed by atoms with Gasteiger partial charge in [0.05, 0.1) is 5.69 Å². The Morgan fingerprint density at radius 3 is 2.63 bits per heavy atom. The highest BCUT2D eigenvalue weighted by atomic mass is 19.1. The molecule has 2 fully saturated rings. The molecule has 1 unspecified atom stereocenters. The van der Waals surface area contributed by atoms with Crippen molar-refractivity contribution in [3.8, 4) is 6.07 Å². The van der Waals surface area contributed by atoms with E-state index in [1.807, 2.05) is 12.1 Å². The Bertz CT molecular complexity index is 512. The summed E-state index contributed by atoms with van der Waals surface area (Å²) in [6.45, 7) is 0. The van der Waals surface area contributed by atoms with E-state index in [1.54, 1.807) is 6.07 Å². The maximum Gasteiger partial charge on any atom is 0.143 e. The van der Waals surface area contributed by atoms with Crippen molar-refractivity contribution < 1.29 is 4.39 Å². The molecule has 100 valence electrons. The highest BCUT2D eigenvalue weighted by Gasteiger charge is 2.46. The Morgan fingerprint density at radius 2 is 2.00 bits per heavy atom. The summed E-state index contributed by atoms with van der Waals surface area (Å²) in [5.74, 6) is -0.426. The maximum atomic E-state index is 13.6. The molecule has 3 heteroatoms. The molecule has 2 aliphatic rings. The van der Waals surface area contributed by atoms with Crippen molar-refractivity contribution in [1.29, 1.82) is 5.26 Å². The first-order chi connectivity index (χ1) is 9.25. The monoisotopic (exact) mass is 258 g/mol. The van der Waals surface area contributed by atoms with Crippen molar-refractivity contribution in [2.24, 2.45) is 5.41 Å². The third-order valence-corrected chi connectivity index (χ3v) is 4.97. The Hall–Kier alpha value is -1.56. The minimum atomic E-state index is -0.426. The molecule has 0 aliphatic heterocycles. The fourth-order valence-electron chi connectivity index (χ4n) is 3.72. The molecule has 1 spiro atoms. The lowest BCUT2D eigenvalue weighted by Gasteiger charge is -2.52. The van der Waals surface area contributed by atoms with E-state index in [9.17, 15) is 4.39 Å². The quantitative estimate of drug-likeness (QED) is 0.862. The Balaban J connectivity index is 1.79. The fourth-order valence-corrected chi connectivity index (χ4v) is 3.72. The van der Waals surface area contributed by atoms with Gasteiger partial charge in [0.2, 0.25) is 0 Å². The first-order valence-electron chi connectivity index (χ1n) is 7.20. The average molecular weight is 258 g/mol. The van der Waals surface area contributed by atoms with E-state index >= 15 is 0 Å². The van der Waals surface area contributed by atoms with Gasteiger partial charge < -0.3 is 5.32 Å². The summed E-state index contributed by atoms with van der Waals surface area (Å²) in [6, 6.07) is 7.22. The van der Waals surface area contributed by atoms with E-state index in [1.165, 1.54) is 44.6 Å². The van der Waals surface area contributed by atoms with Gasteiger partial charge >= 0.3 is 0 Å². The molecule has 1 atom stereocenters. The molecule has 0 saturated heterocycles. The van der Waals surface area contributed by atoms with Gasteiger partial charge in [-0.1, -0.05) is 25.3 Å². The van der Waals surface area contributed by atoms with E-state index < -0.39 is 5.82 Å². The summed E-state index contributed by atoms with van der Waals surface area (Å²) >= 11 is 0. The molecule has 0 heterocycles. The third-order valence-electron chi connectivity index (χ3n) is 4.97. The van der Waals surface area contributed by atoms with Crippen LogP contribution in [0.1, 0.15) is 50.5 Å². The Labute approximate surface area is 113 Å². The average Bonchev–Trinajstić information content (AvgIpc) is 2.44. The highest BCUT2D eigenvalue weighted by molar-refractivity contribution is 5.58. The summed E-state index contributed by atoms with van der Waals surface area (Å²) in [5.41, 5.74) is 1.23. The molecule has 0 aromatic heterocycles. The van der Waals surface area contributed by atoms with Crippen LogP contribution >= 0.6 is 0 Å². The number of nitrogens with one attached hydrogen (secondary N) is 1. The molecule has 2 saturated carbocycles. The van der Waals surface area contributed by atoms with E-state index in [4.69, 9.17) is 5.26 Å². The molecule has 2 nitrogen and oxygen atoms in total. The van der Waals surface area contributed by atoms with Gasteiger partial charge in [0, 0.05) is 6.04 Å². The van der Waals surface area contributed by atoms with Gasteiger partial charge in [-0.15, -0.1) is 0 Å². The van der Waals surface area contributed by atoms with Crippen LogP contribution in [0.15, 0.2) is 18.2 Å². The van der Waals surface area contributed by atoms with Crippen molar-refractivity contribution in [2.75, 3.05) is 5.32 Å². The van der Waals surface area contributed by atoms with Crippen LogP contribution in [-0.4, -0.2) is 6.04 Å². The maximum absolute atomic E-state index is 13.6. The third kappa shape index (κ3) is 2.10. The van der Waals surface area contributed by atoms with Crippen LogP contribution in [0.4, 0.5) is 10.1 Å². The molecule has 3 rings (SSSR count). The smallest absolute Gasteiger partial charge is 0.143 e. The lowest BCUT2D eigenvalue weighted by molar-refractivity contribution is 0.0571. The van der Waals surface area contributed by atoms with Gasteiger partial charge in [-0.05, 0) is 43.2 Å². The molecule has 0 bridgehead atoms. The summed E-state index contributed by atoms with van der Waals surface area (Å²) in [5, 5.41) is 12.5.